The van der Waals surface area contributed by atoms with E-state index in [1.165, 1.54) is 16.7 Å². The van der Waals surface area contributed by atoms with Crippen LogP contribution in [0.2, 0.25) is 0 Å². The highest BCUT2D eigenvalue weighted by atomic mass is 16.1. The standard InChI is InChI=1S/C24H24N2O.H2/c1-24(2)13-19-23(20(27)14-24)21(16-9-11-25-12-10-16)22-17-6-4-3-5-15(17)7-8-18(22)26-19;/h4,6-12,21,26H,3,5,13-14H2,1-2H3;1H. The van der Waals surface area contributed by atoms with Crippen molar-refractivity contribution in [1.29, 1.82) is 0 Å². The molecule has 0 amide bonds. The summed E-state index contributed by atoms with van der Waals surface area (Å²) in [6.45, 7) is 4.37. The number of rotatable bonds is 1. The summed E-state index contributed by atoms with van der Waals surface area (Å²) in [5, 5.41) is 3.64. The van der Waals surface area contributed by atoms with E-state index in [4.69, 9.17) is 0 Å². The van der Waals surface area contributed by atoms with Gasteiger partial charge in [-0.3, -0.25) is 9.78 Å². The first-order chi connectivity index (χ1) is 13.0. The Labute approximate surface area is 161 Å². The van der Waals surface area contributed by atoms with Gasteiger partial charge in [0.1, 0.15) is 0 Å². The number of fused-ring (bicyclic) bond motifs is 3. The molecule has 3 nitrogen and oxygen atoms in total. The molecule has 0 bridgehead atoms. The molecular weight excluding hydrogens is 332 g/mol. The maximum Gasteiger partial charge on any atom is 0.162 e. The average molecular weight is 358 g/mol. The fourth-order valence-corrected chi connectivity index (χ4v) is 4.93. The molecule has 1 aromatic carbocycles. The van der Waals surface area contributed by atoms with Crippen molar-refractivity contribution in [2.24, 2.45) is 5.41 Å². The number of nitrogens with zero attached hydrogens (tertiary/aromatic N) is 1. The Bertz CT molecular complexity index is 1000. The van der Waals surface area contributed by atoms with Gasteiger partial charge in [0, 0.05) is 43.1 Å². The molecular formula is C24H26N2O. The summed E-state index contributed by atoms with van der Waals surface area (Å²) in [5.41, 5.74) is 8.28. The van der Waals surface area contributed by atoms with E-state index in [1.54, 1.807) is 0 Å². The monoisotopic (exact) mass is 358 g/mol. The summed E-state index contributed by atoms with van der Waals surface area (Å²) < 4.78 is 0. The molecule has 3 heteroatoms. The fraction of sp³-hybridized carbons (Fsp3) is 0.333. The van der Waals surface area contributed by atoms with E-state index in [9.17, 15) is 4.79 Å². The molecule has 138 valence electrons. The lowest BCUT2D eigenvalue weighted by Gasteiger charge is -2.40. The van der Waals surface area contributed by atoms with Crippen molar-refractivity contribution >= 4 is 17.5 Å². The Balaban J connectivity index is 0.00000192. The average Bonchev–Trinajstić information content (AvgIpc) is 2.66. The van der Waals surface area contributed by atoms with Crippen LogP contribution in [0.1, 0.15) is 62.7 Å². The van der Waals surface area contributed by atoms with Gasteiger partial charge in [-0.1, -0.05) is 32.1 Å². The van der Waals surface area contributed by atoms with Gasteiger partial charge in [0.25, 0.3) is 0 Å². The van der Waals surface area contributed by atoms with Crippen molar-refractivity contribution in [3.8, 4) is 0 Å². The Hall–Kier alpha value is -2.68. The molecule has 1 atom stereocenters. The molecule has 5 rings (SSSR count). The van der Waals surface area contributed by atoms with E-state index in [1.807, 2.05) is 12.4 Å². The topological polar surface area (TPSA) is 42.0 Å². The molecule has 0 saturated carbocycles. The molecule has 0 radical (unpaired) electrons. The van der Waals surface area contributed by atoms with E-state index >= 15 is 0 Å². The highest BCUT2D eigenvalue weighted by Gasteiger charge is 2.41. The number of carbonyl (C=O) groups excluding carboxylic acids is 1. The lowest BCUT2D eigenvalue weighted by molar-refractivity contribution is -0.118. The SMILES string of the molecule is CC1(C)CC(=O)C2=C(C1)Nc1ccc3c(c1C2c1ccncc1)C=CCC3.[HH]. The highest BCUT2D eigenvalue weighted by molar-refractivity contribution is 6.02. The third-order valence-corrected chi connectivity index (χ3v) is 6.06. The molecule has 2 aliphatic carbocycles. The summed E-state index contributed by atoms with van der Waals surface area (Å²) in [6, 6.07) is 8.57. The molecule has 27 heavy (non-hydrogen) atoms. The number of nitrogens with one attached hydrogen (secondary N) is 1. The summed E-state index contributed by atoms with van der Waals surface area (Å²) in [5.74, 6) is 0.263. The second-order valence-electron chi connectivity index (χ2n) is 8.71. The Kier molecular flexibility index (Phi) is 3.61. The molecule has 1 aromatic heterocycles. The van der Waals surface area contributed by atoms with Crippen LogP contribution in [0.5, 0.6) is 0 Å². The van der Waals surface area contributed by atoms with E-state index in [-0.39, 0.29) is 18.5 Å². The first kappa shape index (κ1) is 16.5. The number of pyridine rings is 1. The molecule has 2 aromatic rings. The normalized spacial score (nSPS) is 22.6. The summed E-state index contributed by atoms with van der Waals surface area (Å²) in [6.07, 6.45) is 11.8. The smallest absolute Gasteiger partial charge is 0.162 e. The van der Waals surface area contributed by atoms with Crippen LogP contribution in [-0.4, -0.2) is 10.8 Å². The Morgan fingerprint density at radius 1 is 1.15 bits per heavy atom. The van der Waals surface area contributed by atoms with Crippen LogP contribution in [0.4, 0.5) is 5.69 Å². The first-order valence-corrected chi connectivity index (χ1v) is 9.79. The second-order valence-corrected chi connectivity index (χ2v) is 8.71. The number of hydrogen-bond donors (Lipinski definition) is 1. The minimum absolute atomic E-state index is 0. The van der Waals surface area contributed by atoms with Crippen molar-refractivity contribution in [2.45, 2.75) is 45.4 Å². The van der Waals surface area contributed by atoms with Gasteiger partial charge in [-0.05, 0) is 65.1 Å². The molecule has 2 heterocycles. The van der Waals surface area contributed by atoms with Gasteiger partial charge >= 0.3 is 0 Å². The summed E-state index contributed by atoms with van der Waals surface area (Å²) in [7, 11) is 0. The first-order valence-electron chi connectivity index (χ1n) is 9.79. The van der Waals surface area contributed by atoms with E-state index in [0.717, 1.165) is 41.8 Å². The zero-order valence-electron chi connectivity index (χ0n) is 15.9. The largest absolute Gasteiger partial charge is 0.358 e. The van der Waals surface area contributed by atoms with E-state index < -0.39 is 0 Å². The third-order valence-electron chi connectivity index (χ3n) is 6.06. The third kappa shape index (κ3) is 2.64. The lowest BCUT2D eigenvalue weighted by atomic mass is 9.67. The molecule has 0 spiro atoms. The van der Waals surface area contributed by atoms with Crippen molar-refractivity contribution in [2.75, 3.05) is 5.32 Å². The lowest BCUT2D eigenvalue weighted by Crippen LogP contribution is -2.34. The number of ketones is 1. The maximum absolute atomic E-state index is 13.3. The molecule has 1 aliphatic heterocycles. The van der Waals surface area contributed by atoms with E-state index in [2.05, 4.69) is 60.6 Å². The molecule has 1 unspecified atom stereocenters. The van der Waals surface area contributed by atoms with Gasteiger partial charge < -0.3 is 5.32 Å². The van der Waals surface area contributed by atoms with Gasteiger partial charge in [0.2, 0.25) is 0 Å². The number of benzene rings is 1. The maximum atomic E-state index is 13.3. The predicted molar refractivity (Wildman–Crippen MR) is 111 cm³/mol. The number of aromatic nitrogens is 1. The minimum atomic E-state index is -0.0134. The predicted octanol–water partition coefficient (Wildman–Crippen LogP) is 5.49. The number of Topliss-reactive ketones (excluding diaryl/α,β-unsaturated/α-hetero) is 1. The van der Waals surface area contributed by atoms with Gasteiger partial charge in [-0.2, -0.15) is 0 Å². The molecule has 0 saturated heterocycles. The van der Waals surface area contributed by atoms with Crippen LogP contribution >= 0.6 is 0 Å². The van der Waals surface area contributed by atoms with E-state index in [0.29, 0.717) is 6.42 Å². The highest BCUT2D eigenvalue weighted by Crippen LogP contribution is 2.50. The summed E-state index contributed by atoms with van der Waals surface area (Å²) in [4.78, 5) is 17.5. The van der Waals surface area contributed by atoms with Crippen molar-refractivity contribution in [1.82, 2.24) is 4.98 Å². The zero-order chi connectivity index (χ0) is 18.6. The van der Waals surface area contributed by atoms with Gasteiger partial charge in [-0.15, -0.1) is 0 Å². The van der Waals surface area contributed by atoms with Crippen LogP contribution in [0.25, 0.3) is 6.08 Å². The number of hydrogen-bond acceptors (Lipinski definition) is 3. The number of allylic oxidation sites excluding steroid dienone is 3. The quantitative estimate of drug-likeness (QED) is 0.733. The molecule has 1 N–H and O–H groups in total. The van der Waals surface area contributed by atoms with Crippen LogP contribution in [0, 0.1) is 5.41 Å². The number of anilines is 1. The van der Waals surface area contributed by atoms with Crippen LogP contribution in [0.3, 0.4) is 0 Å². The van der Waals surface area contributed by atoms with Crippen LogP contribution < -0.4 is 5.32 Å². The second kappa shape index (κ2) is 5.91. The van der Waals surface area contributed by atoms with Gasteiger partial charge in [-0.25, -0.2) is 0 Å². The van der Waals surface area contributed by atoms with Crippen molar-refractivity contribution < 1.29 is 6.22 Å². The summed E-state index contributed by atoms with van der Waals surface area (Å²) >= 11 is 0. The Morgan fingerprint density at radius 2 is 1.96 bits per heavy atom. The fourth-order valence-electron chi connectivity index (χ4n) is 4.93. The van der Waals surface area contributed by atoms with Crippen LogP contribution in [0.15, 0.2) is 54.0 Å². The zero-order valence-corrected chi connectivity index (χ0v) is 15.9. The molecule has 0 fully saturated rings. The van der Waals surface area contributed by atoms with Crippen LogP contribution in [-0.2, 0) is 11.2 Å². The van der Waals surface area contributed by atoms with Gasteiger partial charge in [0.05, 0.1) is 0 Å². The van der Waals surface area contributed by atoms with Gasteiger partial charge in [0.15, 0.2) is 5.78 Å². The Morgan fingerprint density at radius 3 is 2.78 bits per heavy atom. The van der Waals surface area contributed by atoms with Crippen molar-refractivity contribution in [3.63, 3.8) is 0 Å². The number of aryl methyl sites for hydroxylation is 1. The molecule has 3 aliphatic rings. The van der Waals surface area contributed by atoms with Crippen molar-refractivity contribution in [3.05, 3.63) is 76.3 Å². The number of carbonyl (C=O) groups is 1. The minimum Gasteiger partial charge on any atom is -0.358 e.